The normalized spacial score (nSPS) is 10.3. The molecule has 0 aliphatic rings. The van der Waals surface area contributed by atoms with Crippen LogP contribution in [-0.4, -0.2) is 26.1 Å². The van der Waals surface area contributed by atoms with Gasteiger partial charge >= 0.3 is 5.97 Å². The standard InChI is InChI=1S/C11H11N3O2/c1-2-8-5-3-4-6-9(8)14-10(11(15)16)7-12-13-14/h3-7H,2H2,1H3,(H,15,16). The minimum absolute atomic E-state index is 0.0703. The summed E-state index contributed by atoms with van der Waals surface area (Å²) in [6.45, 7) is 2.01. The lowest BCUT2D eigenvalue weighted by Gasteiger charge is -2.07. The van der Waals surface area contributed by atoms with E-state index in [9.17, 15) is 4.79 Å². The zero-order valence-electron chi connectivity index (χ0n) is 8.79. The molecular formula is C11H11N3O2. The highest BCUT2D eigenvalue weighted by Gasteiger charge is 2.14. The maximum Gasteiger partial charge on any atom is 0.356 e. The Balaban J connectivity index is 2.58. The molecule has 0 saturated carbocycles. The van der Waals surface area contributed by atoms with Crippen LogP contribution in [0.25, 0.3) is 5.69 Å². The molecule has 0 unspecified atom stereocenters. The van der Waals surface area contributed by atoms with E-state index >= 15 is 0 Å². The Kier molecular flexibility index (Phi) is 2.68. The predicted molar refractivity (Wildman–Crippen MR) is 57.7 cm³/mol. The summed E-state index contributed by atoms with van der Waals surface area (Å²) in [5.41, 5.74) is 1.87. The molecule has 0 aliphatic carbocycles. The Hall–Kier alpha value is -2.17. The van der Waals surface area contributed by atoms with Crippen LogP contribution in [0.4, 0.5) is 0 Å². The molecule has 1 N–H and O–H groups in total. The van der Waals surface area contributed by atoms with Gasteiger partial charge in [-0.1, -0.05) is 30.3 Å². The number of para-hydroxylation sites is 1. The van der Waals surface area contributed by atoms with Crippen LogP contribution in [0, 0.1) is 0 Å². The van der Waals surface area contributed by atoms with Crippen LogP contribution in [0.2, 0.25) is 0 Å². The number of carboxylic acids is 1. The Morgan fingerprint density at radius 3 is 2.88 bits per heavy atom. The van der Waals surface area contributed by atoms with Crippen molar-refractivity contribution in [3.63, 3.8) is 0 Å². The summed E-state index contributed by atoms with van der Waals surface area (Å²) in [6.07, 6.45) is 2.06. The molecule has 0 bridgehead atoms. The van der Waals surface area contributed by atoms with E-state index in [1.807, 2.05) is 31.2 Å². The van der Waals surface area contributed by atoms with Crippen LogP contribution in [-0.2, 0) is 6.42 Å². The van der Waals surface area contributed by atoms with Crippen molar-refractivity contribution in [2.45, 2.75) is 13.3 Å². The minimum Gasteiger partial charge on any atom is -0.476 e. The van der Waals surface area contributed by atoms with Gasteiger partial charge < -0.3 is 5.11 Å². The number of rotatable bonds is 3. The van der Waals surface area contributed by atoms with Crippen molar-refractivity contribution in [3.8, 4) is 5.69 Å². The van der Waals surface area contributed by atoms with Gasteiger partial charge in [0.15, 0.2) is 5.69 Å². The molecule has 82 valence electrons. The molecular weight excluding hydrogens is 206 g/mol. The molecule has 0 fully saturated rings. The second kappa shape index (κ2) is 4.14. The number of nitrogens with zero attached hydrogens (tertiary/aromatic N) is 3. The van der Waals surface area contributed by atoms with Gasteiger partial charge in [-0.15, -0.1) is 5.10 Å². The molecule has 0 amide bonds. The average molecular weight is 217 g/mol. The predicted octanol–water partition coefficient (Wildman–Crippen LogP) is 1.53. The lowest BCUT2D eigenvalue weighted by Crippen LogP contribution is -2.09. The van der Waals surface area contributed by atoms with Gasteiger partial charge in [0.25, 0.3) is 0 Å². The van der Waals surface area contributed by atoms with Crippen LogP contribution in [0.3, 0.4) is 0 Å². The van der Waals surface area contributed by atoms with Crippen molar-refractivity contribution in [1.29, 1.82) is 0 Å². The van der Waals surface area contributed by atoms with E-state index in [0.29, 0.717) is 0 Å². The summed E-state index contributed by atoms with van der Waals surface area (Å²) in [5, 5.41) is 16.4. The number of carboxylic acid groups (broad SMARTS) is 1. The molecule has 0 atom stereocenters. The zero-order valence-corrected chi connectivity index (χ0v) is 8.79. The Morgan fingerprint density at radius 1 is 1.44 bits per heavy atom. The van der Waals surface area contributed by atoms with E-state index < -0.39 is 5.97 Å². The molecule has 0 spiro atoms. The lowest BCUT2D eigenvalue weighted by molar-refractivity contribution is 0.0687. The first-order chi connectivity index (χ1) is 7.74. The maximum atomic E-state index is 11.0. The number of aromatic nitrogens is 3. The SMILES string of the molecule is CCc1ccccc1-n1nncc1C(=O)O. The van der Waals surface area contributed by atoms with Crippen LogP contribution < -0.4 is 0 Å². The fourth-order valence-electron chi connectivity index (χ4n) is 1.58. The van der Waals surface area contributed by atoms with Crippen molar-refractivity contribution < 1.29 is 9.90 Å². The first-order valence-corrected chi connectivity index (χ1v) is 4.96. The van der Waals surface area contributed by atoms with Gasteiger partial charge in [0.05, 0.1) is 11.9 Å². The number of benzene rings is 1. The molecule has 2 rings (SSSR count). The minimum atomic E-state index is -1.03. The summed E-state index contributed by atoms with van der Waals surface area (Å²) in [6, 6.07) is 7.55. The molecule has 5 heteroatoms. The Bertz CT molecular complexity index is 519. The smallest absolute Gasteiger partial charge is 0.356 e. The van der Waals surface area contributed by atoms with Crippen molar-refractivity contribution in [2.24, 2.45) is 0 Å². The van der Waals surface area contributed by atoms with Gasteiger partial charge in [-0.25, -0.2) is 9.48 Å². The average Bonchev–Trinajstić information content (AvgIpc) is 2.77. The van der Waals surface area contributed by atoms with Gasteiger partial charge in [-0.3, -0.25) is 0 Å². The number of hydrogen-bond acceptors (Lipinski definition) is 3. The molecule has 1 aromatic heterocycles. The highest BCUT2D eigenvalue weighted by atomic mass is 16.4. The molecule has 1 heterocycles. The highest BCUT2D eigenvalue weighted by molar-refractivity contribution is 5.85. The maximum absolute atomic E-state index is 11.0. The van der Waals surface area contributed by atoms with E-state index in [-0.39, 0.29) is 5.69 Å². The summed E-state index contributed by atoms with van der Waals surface area (Å²) in [7, 11) is 0. The first-order valence-electron chi connectivity index (χ1n) is 4.96. The fourth-order valence-corrected chi connectivity index (χ4v) is 1.58. The topological polar surface area (TPSA) is 68.0 Å². The van der Waals surface area contributed by atoms with Gasteiger partial charge in [-0.2, -0.15) is 0 Å². The summed E-state index contributed by atoms with van der Waals surface area (Å²) >= 11 is 0. The molecule has 16 heavy (non-hydrogen) atoms. The third kappa shape index (κ3) is 1.67. The number of aryl methyl sites for hydroxylation is 1. The van der Waals surface area contributed by atoms with E-state index in [4.69, 9.17) is 5.11 Å². The van der Waals surface area contributed by atoms with E-state index in [0.717, 1.165) is 17.7 Å². The number of carbonyl (C=O) groups is 1. The second-order valence-corrected chi connectivity index (χ2v) is 3.32. The zero-order chi connectivity index (χ0) is 11.5. The van der Waals surface area contributed by atoms with Gasteiger partial charge in [-0.05, 0) is 18.1 Å². The third-order valence-corrected chi connectivity index (χ3v) is 2.37. The summed E-state index contributed by atoms with van der Waals surface area (Å²) in [4.78, 5) is 11.0. The van der Waals surface area contributed by atoms with Gasteiger partial charge in [0.1, 0.15) is 0 Å². The third-order valence-electron chi connectivity index (χ3n) is 2.37. The largest absolute Gasteiger partial charge is 0.476 e. The monoisotopic (exact) mass is 217 g/mol. The molecule has 0 saturated heterocycles. The number of hydrogen-bond donors (Lipinski definition) is 1. The van der Waals surface area contributed by atoms with Crippen LogP contribution in [0.1, 0.15) is 23.0 Å². The van der Waals surface area contributed by atoms with E-state index in [2.05, 4.69) is 10.3 Å². The molecule has 2 aromatic rings. The number of aromatic carboxylic acids is 1. The van der Waals surface area contributed by atoms with Crippen LogP contribution >= 0.6 is 0 Å². The summed E-state index contributed by atoms with van der Waals surface area (Å²) in [5.74, 6) is -1.03. The quantitative estimate of drug-likeness (QED) is 0.846. The van der Waals surface area contributed by atoms with Gasteiger partial charge in [0.2, 0.25) is 0 Å². The molecule has 5 nitrogen and oxygen atoms in total. The Labute approximate surface area is 92.3 Å². The molecule has 0 aliphatic heterocycles. The van der Waals surface area contributed by atoms with E-state index in [1.54, 1.807) is 0 Å². The van der Waals surface area contributed by atoms with Crippen molar-refractivity contribution >= 4 is 5.97 Å². The summed E-state index contributed by atoms with van der Waals surface area (Å²) < 4.78 is 1.35. The lowest BCUT2D eigenvalue weighted by atomic mass is 10.1. The first kappa shape index (κ1) is 10.4. The molecule has 0 radical (unpaired) electrons. The van der Waals surface area contributed by atoms with Crippen LogP contribution in [0.15, 0.2) is 30.5 Å². The second-order valence-electron chi connectivity index (χ2n) is 3.32. The van der Waals surface area contributed by atoms with Crippen molar-refractivity contribution in [3.05, 3.63) is 41.7 Å². The molecule has 1 aromatic carbocycles. The van der Waals surface area contributed by atoms with E-state index in [1.165, 1.54) is 10.9 Å². The van der Waals surface area contributed by atoms with Crippen molar-refractivity contribution in [2.75, 3.05) is 0 Å². The van der Waals surface area contributed by atoms with Crippen LogP contribution in [0.5, 0.6) is 0 Å². The van der Waals surface area contributed by atoms with Gasteiger partial charge in [0, 0.05) is 0 Å². The highest BCUT2D eigenvalue weighted by Crippen LogP contribution is 2.15. The fraction of sp³-hybridized carbons (Fsp3) is 0.182. The Morgan fingerprint density at radius 2 is 2.19 bits per heavy atom. The van der Waals surface area contributed by atoms with Crippen molar-refractivity contribution in [1.82, 2.24) is 15.0 Å².